The Morgan fingerprint density at radius 1 is 1.67 bits per heavy atom. The van der Waals surface area contributed by atoms with Gasteiger partial charge in [-0.1, -0.05) is 0 Å². The summed E-state index contributed by atoms with van der Waals surface area (Å²) in [6, 6.07) is 0. The SMILES string of the molecule is CCOC(=O)c1cn2ccnc(Br)c2n1. The second-order valence-corrected chi connectivity index (χ2v) is 3.55. The summed E-state index contributed by atoms with van der Waals surface area (Å²) in [4.78, 5) is 19.5. The molecule has 0 aliphatic heterocycles. The van der Waals surface area contributed by atoms with Crippen LogP contribution in [0.1, 0.15) is 17.4 Å². The van der Waals surface area contributed by atoms with Gasteiger partial charge < -0.3 is 9.14 Å². The largest absolute Gasteiger partial charge is 0.461 e. The third kappa shape index (κ3) is 1.85. The fourth-order valence-electron chi connectivity index (χ4n) is 1.19. The topological polar surface area (TPSA) is 56.5 Å². The van der Waals surface area contributed by atoms with Crippen molar-refractivity contribution in [2.24, 2.45) is 0 Å². The summed E-state index contributed by atoms with van der Waals surface area (Å²) in [5.74, 6) is -0.423. The van der Waals surface area contributed by atoms with Crippen molar-refractivity contribution in [3.63, 3.8) is 0 Å². The summed E-state index contributed by atoms with van der Waals surface area (Å²) in [7, 11) is 0. The normalized spacial score (nSPS) is 10.5. The number of halogens is 1. The molecule has 0 aliphatic carbocycles. The highest BCUT2D eigenvalue weighted by Crippen LogP contribution is 2.14. The molecule has 0 fully saturated rings. The molecule has 0 spiro atoms. The monoisotopic (exact) mass is 269 g/mol. The maximum absolute atomic E-state index is 11.4. The maximum Gasteiger partial charge on any atom is 0.358 e. The van der Waals surface area contributed by atoms with E-state index in [0.717, 1.165) is 0 Å². The summed E-state index contributed by atoms with van der Waals surface area (Å²) in [5, 5.41) is 0. The molecule has 0 aromatic carbocycles. The van der Waals surface area contributed by atoms with Crippen molar-refractivity contribution in [1.29, 1.82) is 0 Å². The molecule has 0 bridgehead atoms. The molecule has 0 saturated carbocycles. The van der Waals surface area contributed by atoms with Gasteiger partial charge in [-0.3, -0.25) is 0 Å². The molecule has 2 aromatic heterocycles. The van der Waals surface area contributed by atoms with E-state index in [1.807, 2.05) is 0 Å². The van der Waals surface area contributed by atoms with E-state index in [1.54, 1.807) is 29.9 Å². The molecular weight excluding hydrogens is 262 g/mol. The fraction of sp³-hybridized carbons (Fsp3) is 0.222. The minimum absolute atomic E-state index is 0.283. The van der Waals surface area contributed by atoms with Gasteiger partial charge in [-0.2, -0.15) is 0 Å². The van der Waals surface area contributed by atoms with E-state index >= 15 is 0 Å². The zero-order valence-corrected chi connectivity index (χ0v) is 9.56. The van der Waals surface area contributed by atoms with Crippen molar-refractivity contribution in [2.75, 3.05) is 6.61 Å². The number of ether oxygens (including phenoxy) is 1. The van der Waals surface area contributed by atoms with Gasteiger partial charge in [0.05, 0.1) is 6.61 Å². The Balaban J connectivity index is 2.47. The standard InChI is InChI=1S/C9H8BrN3O2/c1-2-15-9(14)6-5-13-4-3-11-7(10)8(13)12-6/h3-5H,2H2,1H3. The van der Waals surface area contributed by atoms with Crippen LogP contribution in [0.4, 0.5) is 0 Å². The molecule has 0 N–H and O–H groups in total. The van der Waals surface area contributed by atoms with Gasteiger partial charge >= 0.3 is 5.97 Å². The Bertz CT molecular complexity index is 509. The van der Waals surface area contributed by atoms with Crippen LogP contribution in [0, 0.1) is 0 Å². The van der Waals surface area contributed by atoms with E-state index < -0.39 is 5.97 Å². The van der Waals surface area contributed by atoms with Gasteiger partial charge in [-0.05, 0) is 22.9 Å². The van der Waals surface area contributed by atoms with E-state index in [4.69, 9.17) is 4.74 Å². The third-order valence-electron chi connectivity index (χ3n) is 1.82. The molecule has 5 nitrogen and oxygen atoms in total. The summed E-state index contributed by atoms with van der Waals surface area (Å²) < 4.78 is 7.16. The Morgan fingerprint density at radius 3 is 3.13 bits per heavy atom. The lowest BCUT2D eigenvalue weighted by molar-refractivity contribution is 0.0520. The van der Waals surface area contributed by atoms with Crippen molar-refractivity contribution in [3.8, 4) is 0 Å². The van der Waals surface area contributed by atoms with Crippen LogP contribution in [0.2, 0.25) is 0 Å². The summed E-state index contributed by atoms with van der Waals surface area (Å²) in [6.45, 7) is 2.09. The smallest absolute Gasteiger partial charge is 0.358 e. The van der Waals surface area contributed by atoms with Gasteiger partial charge in [-0.15, -0.1) is 0 Å². The van der Waals surface area contributed by atoms with Crippen LogP contribution in [0.15, 0.2) is 23.2 Å². The average Bonchev–Trinajstić information content (AvgIpc) is 2.63. The van der Waals surface area contributed by atoms with E-state index in [9.17, 15) is 4.79 Å². The number of aromatic nitrogens is 3. The fourth-order valence-corrected chi connectivity index (χ4v) is 1.60. The van der Waals surface area contributed by atoms with Crippen molar-refractivity contribution in [1.82, 2.24) is 14.4 Å². The van der Waals surface area contributed by atoms with Crippen molar-refractivity contribution in [2.45, 2.75) is 6.92 Å². The van der Waals surface area contributed by atoms with Crippen LogP contribution in [-0.4, -0.2) is 26.9 Å². The minimum atomic E-state index is -0.423. The number of carbonyl (C=O) groups excluding carboxylic acids is 1. The number of hydrogen-bond donors (Lipinski definition) is 0. The highest BCUT2D eigenvalue weighted by molar-refractivity contribution is 9.10. The second kappa shape index (κ2) is 3.98. The number of fused-ring (bicyclic) bond motifs is 1. The summed E-state index contributed by atoms with van der Waals surface area (Å²) in [5.41, 5.74) is 0.881. The highest BCUT2D eigenvalue weighted by atomic mass is 79.9. The molecule has 2 rings (SSSR count). The van der Waals surface area contributed by atoms with Gasteiger partial charge in [0.25, 0.3) is 0 Å². The number of esters is 1. The molecule has 0 saturated heterocycles. The maximum atomic E-state index is 11.4. The number of carbonyl (C=O) groups is 1. The van der Waals surface area contributed by atoms with E-state index in [2.05, 4.69) is 25.9 Å². The Kier molecular flexibility index (Phi) is 2.68. The van der Waals surface area contributed by atoms with E-state index in [1.165, 1.54) is 0 Å². The minimum Gasteiger partial charge on any atom is -0.461 e. The summed E-state index contributed by atoms with van der Waals surface area (Å²) >= 11 is 3.25. The Hall–Kier alpha value is -1.43. The first-order valence-electron chi connectivity index (χ1n) is 4.38. The number of hydrogen-bond acceptors (Lipinski definition) is 4. The number of nitrogens with zero attached hydrogens (tertiary/aromatic N) is 3. The highest BCUT2D eigenvalue weighted by Gasteiger charge is 2.12. The summed E-state index contributed by atoms with van der Waals surface area (Å²) in [6.07, 6.45) is 4.95. The molecule has 0 aliphatic rings. The molecule has 78 valence electrons. The van der Waals surface area contributed by atoms with Crippen LogP contribution in [-0.2, 0) is 4.74 Å². The molecule has 2 heterocycles. The van der Waals surface area contributed by atoms with Crippen molar-refractivity contribution in [3.05, 3.63) is 28.9 Å². The molecule has 0 atom stereocenters. The Morgan fingerprint density at radius 2 is 2.47 bits per heavy atom. The van der Waals surface area contributed by atoms with Gasteiger partial charge in [0.1, 0.15) is 4.60 Å². The van der Waals surface area contributed by atoms with Gasteiger partial charge in [0.2, 0.25) is 0 Å². The molecule has 0 unspecified atom stereocenters. The van der Waals surface area contributed by atoms with Crippen LogP contribution >= 0.6 is 15.9 Å². The first-order valence-corrected chi connectivity index (χ1v) is 5.18. The molecule has 6 heteroatoms. The zero-order valence-electron chi connectivity index (χ0n) is 7.98. The van der Waals surface area contributed by atoms with Crippen LogP contribution in [0.25, 0.3) is 5.65 Å². The number of rotatable bonds is 2. The van der Waals surface area contributed by atoms with Crippen LogP contribution in [0.3, 0.4) is 0 Å². The van der Waals surface area contributed by atoms with Crippen LogP contribution < -0.4 is 0 Å². The lowest BCUT2D eigenvalue weighted by atomic mass is 10.5. The predicted molar refractivity (Wildman–Crippen MR) is 56.6 cm³/mol. The molecule has 15 heavy (non-hydrogen) atoms. The molecular formula is C9H8BrN3O2. The predicted octanol–water partition coefficient (Wildman–Crippen LogP) is 1.67. The quantitative estimate of drug-likeness (QED) is 0.779. The molecule has 0 amide bonds. The van der Waals surface area contributed by atoms with Gasteiger partial charge in [0.15, 0.2) is 11.3 Å². The number of imidazole rings is 1. The zero-order chi connectivity index (χ0) is 10.8. The van der Waals surface area contributed by atoms with Gasteiger partial charge in [0, 0.05) is 18.6 Å². The lowest BCUT2D eigenvalue weighted by Crippen LogP contribution is -2.04. The molecule has 2 aromatic rings. The molecule has 0 radical (unpaired) electrons. The average molecular weight is 270 g/mol. The van der Waals surface area contributed by atoms with Crippen molar-refractivity contribution >= 4 is 27.5 Å². The first kappa shape index (κ1) is 10.1. The Labute approximate surface area is 94.2 Å². The van der Waals surface area contributed by atoms with E-state index in [0.29, 0.717) is 16.9 Å². The van der Waals surface area contributed by atoms with E-state index in [-0.39, 0.29) is 5.69 Å². The first-order chi connectivity index (χ1) is 7.22. The van der Waals surface area contributed by atoms with Gasteiger partial charge in [-0.25, -0.2) is 14.8 Å². The third-order valence-corrected chi connectivity index (χ3v) is 2.38. The lowest BCUT2D eigenvalue weighted by Gasteiger charge is -1.95. The van der Waals surface area contributed by atoms with Crippen LogP contribution in [0.5, 0.6) is 0 Å². The second-order valence-electron chi connectivity index (χ2n) is 2.80. The van der Waals surface area contributed by atoms with Crippen molar-refractivity contribution < 1.29 is 9.53 Å².